The highest BCUT2D eigenvalue weighted by Gasteiger charge is 2.06. The van der Waals surface area contributed by atoms with E-state index < -0.39 is 0 Å². The van der Waals surface area contributed by atoms with Gasteiger partial charge in [-0.1, -0.05) is 37.6 Å². The number of hydrogen-bond acceptors (Lipinski definition) is 2. The molecule has 2 aromatic rings. The molecule has 0 aliphatic heterocycles. The fourth-order valence-electron chi connectivity index (χ4n) is 1.88. The number of benzene rings is 1. The Morgan fingerprint density at radius 3 is 2.94 bits per heavy atom. The van der Waals surface area contributed by atoms with Crippen molar-refractivity contribution in [2.24, 2.45) is 5.92 Å². The first kappa shape index (κ1) is 12.9. The van der Waals surface area contributed by atoms with Crippen LogP contribution in [0.15, 0.2) is 23.6 Å². The Balaban J connectivity index is 2.02. The van der Waals surface area contributed by atoms with Crippen molar-refractivity contribution >= 4 is 33.0 Å². The summed E-state index contributed by atoms with van der Waals surface area (Å²) in [5.41, 5.74) is 1.41. The van der Waals surface area contributed by atoms with Crippen LogP contribution in [-0.4, -0.2) is 13.1 Å². The van der Waals surface area contributed by atoms with Crippen molar-refractivity contribution in [1.82, 2.24) is 5.32 Å². The van der Waals surface area contributed by atoms with Crippen LogP contribution in [0, 0.1) is 5.92 Å². The summed E-state index contributed by atoms with van der Waals surface area (Å²) in [6, 6.07) is 6.15. The molecule has 0 aliphatic rings. The minimum atomic E-state index is 0.712. The van der Waals surface area contributed by atoms with Gasteiger partial charge >= 0.3 is 0 Å². The maximum atomic E-state index is 6.17. The van der Waals surface area contributed by atoms with Crippen LogP contribution in [0.1, 0.15) is 19.4 Å². The van der Waals surface area contributed by atoms with E-state index in [1.165, 1.54) is 15.6 Å². The summed E-state index contributed by atoms with van der Waals surface area (Å²) in [5, 5.41) is 7.89. The van der Waals surface area contributed by atoms with E-state index in [9.17, 15) is 0 Å². The predicted octanol–water partition coefficient (Wildman–Crippen LogP) is 4.34. The topological polar surface area (TPSA) is 12.0 Å². The van der Waals surface area contributed by atoms with Crippen LogP contribution in [-0.2, 0) is 6.42 Å². The number of halogens is 1. The third-order valence-corrected chi connectivity index (χ3v) is 4.26. The molecule has 0 radical (unpaired) electrons. The van der Waals surface area contributed by atoms with Gasteiger partial charge in [0.2, 0.25) is 0 Å². The van der Waals surface area contributed by atoms with E-state index in [1.54, 1.807) is 11.3 Å². The van der Waals surface area contributed by atoms with Gasteiger partial charge in [0, 0.05) is 0 Å². The molecule has 0 saturated carbocycles. The lowest BCUT2D eigenvalue weighted by Gasteiger charge is -2.06. The maximum Gasteiger partial charge on any atom is 0.0584 e. The van der Waals surface area contributed by atoms with E-state index in [0.717, 1.165) is 24.5 Å². The van der Waals surface area contributed by atoms with E-state index in [0.29, 0.717) is 5.92 Å². The molecule has 0 fully saturated rings. The largest absolute Gasteiger partial charge is 0.316 e. The molecule has 0 saturated heterocycles. The number of fused-ring (bicyclic) bond motifs is 1. The fraction of sp³-hybridized carbons (Fsp3) is 0.429. The summed E-state index contributed by atoms with van der Waals surface area (Å²) < 4.78 is 1.22. The molecule has 1 heterocycles. The molecule has 0 unspecified atom stereocenters. The summed E-state index contributed by atoms with van der Waals surface area (Å²) in [7, 11) is 0. The fourth-order valence-corrected chi connectivity index (χ4v) is 3.20. The molecule has 0 amide bonds. The molecule has 2 rings (SSSR count). The van der Waals surface area contributed by atoms with Gasteiger partial charge in [-0.05, 0) is 47.8 Å². The summed E-state index contributed by atoms with van der Waals surface area (Å²) in [6.07, 6.45) is 1.08. The van der Waals surface area contributed by atoms with Crippen molar-refractivity contribution in [1.29, 1.82) is 0 Å². The van der Waals surface area contributed by atoms with Gasteiger partial charge in [0.1, 0.15) is 0 Å². The van der Waals surface area contributed by atoms with Gasteiger partial charge in [0.15, 0.2) is 0 Å². The van der Waals surface area contributed by atoms with Gasteiger partial charge in [-0.25, -0.2) is 0 Å². The zero-order chi connectivity index (χ0) is 12.3. The first-order chi connectivity index (χ1) is 8.18. The monoisotopic (exact) mass is 267 g/mol. The Bertz CT molecular complexity index is 490. The zero-order valence-corrected chi connectivity index (χ0v) is 11.9. The number of rotatable bonds is 5. The summed E-state index contributed by atoms with van der Waals surface area (Å²) >= 11 is 7.91. The van der Waals surface area contributed by atoms with Gasteiger partial charge in [0.05, 0.1) is 9.72 Å². The highest BCUT2D eigenvalue weighted by atomic mass is 35.5. The quantitative estimate of drug-likeness (QED) is 0.795. The SMILES string of the molecule is CC(C)CNCCc1csc2c(Cl)cccc12. The van der Waals surface area contributed by atoms with E-state index in [-0.39, 0.29) is 0 Å². The molecular formula is C14H18ClNS. The highest BCUT2D eigenvalue weighted by Crippen LogP contribution is 2.31. The van der Waals surface area contributed by atoms with Gasteiger partial charge < -0.3 is 5.32 Å². The second-order valence-electron chi connectivity index (χ2n) is 4.73. The molecule has 1 N–H and O–H groups in total. The van der Waals surface area contributed by atoms with Crippen molar-refractivity contribution in [2.45, 2.75) is 20.3 Å². The van der Waals surface area contributed by atoms with Crippen LogP contribution in [0.25, 0.3) is 10.1 Å². The highest BCUT2D eigenvalue weighted by molar-refractivity contribution is 7.18. The molecule has 1 aromatic carbocycles. The Hall–Kier alpha value is -0.570. The minimum absolute atomic E-state index is 0.712. The molecule has 1 nitrogen and oxygen atoms in total. The van der Waals surface area contributed by atoms with Crippen LogP contribution in [0.3, 0.4) is 0 Å². The first-order valence-corrected chi connectivity index (χ1v) is 7.29. The van der Waals surface area contributed by atoms with Crippen molar-refractivity contribution in [3.05, 3.63) is 34.2 Å². The molecule has 0 bridgehead atoms. The molecule has 3 heteroatoms. The van der Waals surface area contributed by atoms with Gasteiger partial charge in [0.25, 0.3) is 0 Å². The third-order valence-electron chi connectivity index (χ3n) is 2.76. The Kier molecular flexibility index (Phi) is 4.43. The predicted molar refractivity (Wildman–Crippen MR) is 78.2 cm³/mol. The average molecular weight is 268 g/mol. The van der Waals surface area contributed by atoms with Crippen LogP contribution < -0.4 is 5.32 Å². The second-order valence-corrected chi connectivity index (χ2v) is 6.01. The van der Waals surface area contributed by atoms with Gasteiger partial charge in [-0.15, -0.1) is 11.3 Å². The first-order valence-electron chi connectivity index (χ1n) is 6.04. The molecule has 92 valence electrons. The van der Waals surface area contributed by atoms with Crippen molar-refractivity contribution < 1.29 is 0 Å². The Labute approximate surface area is 112 Å². The molecule has 0 aliphatic carbocycles. The van der Waals surface area contributed by atoms with E-state index in [1.807, 2.05) is 12.1 Å². The zero-order valence-electron chi connectivity index (χ0n) is 10.3. The lowest BCUT2D eigenvalue weighted by atomic mass is 10.1. The smallest absolute Gasteiger partial charge is 0.0584 e. The van der Waals surface area contributed by atoms with Crippen LogP contribution in [0.4, 0.5) is 0 Å². The van der Waals surface area contributed by atoms with E-state index in [4.69, 9.17) is 11.6 Å². The Morgan fingerprint density at radius 1 is 1.35 bits per heavy atom. The van der Waals surface area contributed by atoms with Crippen molar-refractivity contribution in [2.75, 3.05) is 13.1 Å². The molecule has 17 heavy (non-hydrogen) atoms. The van der Waals surface area contributed by atoms with Crippen molar-refractivity contribution in [3.8, 4) is 0 Å². The molecule has 0 spiro atoms. The maximum absolute atomic E-state index is 6.17. The number of nitrogens with one attached hydrogen (secondary N) is 1. The average Bonchev–Trinajstić information content (AvgIpc) is 2.69. The normalized spacial score (nSPS) is 11.5. The number of hydrogen-bond donors (Lipinski definition) is 1. The number of thiophene rings is 1. The standard InChI is InChI=1S/C14H18ClNS/c1-10(2)8-16-7-6-11-9-17-14-12(11)4-3-5-13(14)15/h3-5,9-10,16H,6-8H2,1-2H3. The summed E-state index contributed by atoms with van der Waals surface area (Å²) in [4.78, 5) is 0. The van der Waals surface area contributed by atoms with Crippen LogP contribution in [0.2, 0.25) is 5.02 Å². The van der Waals surface area contributed by atoms with Crippen LogP contribution in [0.5, 0.6) is 0 Å². The summed E-state index contributed by atoms with van der Waals surface area (Å²) in [6.45, 7) is 6.58. The third kappa shape index (κ3) is 3.21. The minimum Gasteiger partial charge on any atom is -0.316 e. The van der Waals surface area contributed by atoms with E-state index in [2.05, 4.69) is 30.6 Å². The Morgan fingerprint density at radius 2 is 2.18 bits per heavy atom. The van der Waals surface area contributed by atoms with E-state index >= 15 is 0 Å². The molecular weight excluding hydrogens is 250 g/mol. The second kappa shape index (κ2) is 5.85. The van der Waals surface area contributed by atoms with Gasteiger partial charge in [-0.2, -0.15) is 0 Å². The van der Waals surface area contributed by atoms with Crippen LogP contribution >= 0.6 is 22.9 Å². The molecule has 1 aromatic heterocycles. The summed E-state index contributed by atoms with van der Waals surface area (Å²) in [5.74, 6) is 0.712. The lowest BCUT2D eigenvalue weighted by molar-refractivity contribution is 0.555. The van der Waals surface area contributed by atoms with Gasteiger partial charge in [-0.3, -0.25) is 0 Å². The lowest BCUT2D eigenvalue weighted by Crippen LogP contribution is -2.21. The van der Waals surface area contributed by atoms with Crippen molar-refractivity contribution in [3.63, 3.8) is 0 Å². The molecule has 0 atom stereocenters.